The minimum Gasteiger partial charge on any atom is -0.444 e. The zero-order valence-corrected chi connectivity index (χ0v) is 24.4. The van der Waals surface area contributed by atoms with E-state index in [2.05, 4.69) is 24.3 Å². The van der Waals surface area contributed by atoms with Gasteiger partial charge in [-0.05, 0) is 30.4 Å². The molecule has 2 N–H and O–H groups in total. The Kier molecular flexibility index (Phi) is 12.1. The molecule has 3 aromatic rings. The molecule has 1 saturated carbocycles. The first-order valence-corrected chi connectivity index (χ1v) is 15.4. The summed E-state index contributed by atoms with van der Waals surface area (Å²) in [4.78, 5) is 13.4. The number of rotatable bonds is 10. The number of esters is 1. The molecular formula is C35H44ClNO3. The first kappa shape index (κ1) is 30.3. The van der Waals surface area contributed by atoms with E-state index in [9.17, 15) is 4.79 Å². The van der Waals surface area contributed by atoms with Gasteiger partial charge in [-0.3, -0.25) is 4.79 Å². The number of hydrogen-bond acceptors (Lipinski definition) is 4. The van der Waals surface area contributed by atoms with Crippen LogP contribution in [0.5, 0.6) is 0 Å². The molecule has 3 aromatic carbocycles. The van der Waals surface area contributed by atoms with Crippen LogP contribution in [0, 0.1) is 0 Å². The van der Waals surface area contributed by atoms with E-state index in [0.29, 0.717) is 24.1 Å². The molecule has 4 nitrogen and oxygen atoms in total. The van der Waals surface area contributed by atoms with Crippen molar-refractivity contribution in [1.29, 1.82) is 0 Å². The van der Waals surface area contributed by atoms with Gasteiger partial charge < -0.3 is 15.2 Å². The van der Waals surface area contributed by atoms with Crippen LogP contribution in [0.4, 0.5) is 0 Å². The van der Waals surface area contributed by atoms with Crippen molar-refractivity contribution in [3.05, 3.63) is 106 Å². The molecule has 0 aromatic heterocycles. The lowest BCUT2D eigenvalue weighted by molar-refractivity contribution is -0.154. The van der Waals surface area contributed by atoms with Crippen molar-refractivity contribution in [2.75, 3.05) is 19.8 Å². The minimum absolute atomic E-state index is 0.124. The fourth-order valence-electron chi connectivity index (χ4n) is 5.94. The highest BCUT2D eigenvalue weighted by Crippen LogP contribution is 2.44. The Morgan fingerprint density at radius 3 is 1.95 bits per heavy atom. The number of benzene rings is 3. The topological polar surface area (TPSA) is 61.5 Å². The molecule has 0 heterocycles. The number of halogens is 1. The Bertz CT molecular complexity index is 1150. The van der Waals surface area contributed by atoms with E-state index in [1.807, 2.05) is 54.6 Å². The van der Waals surface area contributed by atoms with Crippen molar-refractivity contribution in [3.8, 4) is 0 Å². The highest BCUT2D eigenvalue weighted by molar-refractivity contribution is 6.31. The fraction of sp³-hybridized carbons (Fsp3) is 0.457. The second-order valence-corrected chi connectivity index (χ2v) is 11.3. The van der Waals surface area contributed by atoms with E-state index in [-0.39, 0.29) is 19.0 Å². The van der Waals surface area contributed by atoms with Crippen molar-refractivity contribution in [2.24, 2.45) is 5.73 Å². The van der Waals surface area contributed by atoms with Crippen LogP contribution in [0.2, 0.25) is 5.02 Å². The summed E-state index contributed by atoms with van der Waals surface area (Å²) in [6.45, 7) is 1.07. The molecule has 40 heavy (non-hydrogen) atoms. The third kappa shape index (κ3) is 7.96. The van der Waals surface area contributed by atoms with Crippen molar-refractivity contribution < 1.29 is 14.3 Å². The van der Waals surface area contributed by atoms with E-state index >= 15 is 0 Å². The van der Waals surface area contributed by atoms with E-state index in [4.69, 9.17) is 26.8 Å². The Morgan fingerprint density at radius 2 is 1.32 bits per heavy atom. The third-order valence-electron chi connectivity index (χ3n) is 8.06. The summed E-state index contributed by atoms with van der Waals surface area (Å²) in [5, 5.41) is 0.547. The van der Waals surface area contributed by atoms with E-state index in [1.165, 1.54) is 69.8 Å². The Balaban J connectivity index is 1.72. The maximum Gasteiger partial charge on any atom is 0.309 e. The standard InChI is InChI=1S/C35H44ClNO3/c36-33-19-13-12-18-32(33)35(30-16-10-7-11-17-30,40-34(38)24-26-39-27-25-37)31-22-20-29(21-23-31)28-14-8-5-3-1-2-4-6-9-15-28/h7,10-13,16-23,28H,1-6,8-9,14-15,24-27,37H2. The van der Waals surface area contributed by atoms with Crippen LogP contribution in [0.1, 0.15) is 98.8 Å². The van der Waals surface area contributed by atoms with Gasteiger partial charge in [-0.2, -0.15) is 0 Å². The van der Waals surface area contributed by atoms with Gasteiger partial charge >= 0.3 is 5.97 Å². The van der Waals surface area contributed by atoms with Crippen molar-refractivity contribution in [1.82, 2.24) is 0 Å². The summed E-state index contributed by atoms with van der Waals surface area (Å²) < 4.78 is 12.0. The SMILES string of the molecule is NCCOCCC(=O)OC(c1ccccc1)(c1ccc(C2CCCCCCCCCC2)cc1)c1ccccc1Cl. The van der Waals surface area contributed by atoms with Crippen molar-refractivity contribution in [2.45, 2.75) is 82.1 Å². The van der Waals surface area contributed by atoms with E-state index in [1.54, 1.807) is 0 Å². The molecule has 0 amide bonds. The quantitative estimate of drug-likeness (QED) is 0.153. The van der Waals surface area contributed by atoms with Crippen LogP contribution in [0.15, 0.2) is 78.9 Å². The Morgan fingerprint density at radius 1 is 0.750 bits per heavy atom. The normalized spacial score (nSPS) is 16.9. The molecule has 0 saturated heterocycles. The summed E-state index contributed by atoms with van der Waals surface area (Å²) in [5.74, 6) is 0.203. The van der Waals surface area contributed by atoms with Crippen LogP contribution < -0.4 is 5.73 Å². The van der Waals surface area contributed by atoms with Crippen LogP contribution in [-0.2, 0) is 19.9 Å². The highest BCUT2D eigenvalue weighted by atomic mass is 35.5. The van der Waals surface area contributed by atoms with Crippen molar-refractivity contribution >= 4 is 17.6 Å². The maximum absolute atomic E-state index is 13.4. The van der Waals surface area contributed by atoms with Gasteiger partial charge in [0.1, 0.15) is 0 Å². The van der Waals surface area contributed by atoms with Gasteiger partial charge in [0, 0.05) is 28.3 Å². The second kappa shape index (κ2) is 16.0. The number of nitrogens with two attached hydrogens (primary N) is 1. The first-order chi connectivity index (χ1) is 19.6. The summed E-state index contributed by atoms with van der Waals surface area (Å²) >= 11 is 6.84. The van der Waals surface area contributed by atoms with Gasteiger partial charge in [-0.15, -0.1) is 0 Å². The minimum atomic E-state index is -1.20. The molecule has 214 valence electrons. The fourth-order valence-corrected chi connectivity index (χ4v) is 6.21. The molecule has 1 unspecified atom stereocenters. The predicted molar refractivity (Wildman–Crippen MR) is 164 cm³/mol. The summed E-state index contributed by atoms with van der Waals surface area (Å²) in [7, 11) is 0. The summed E-state index contributed by atoms with van der Waals surface area (Å²) in [6.07, 6.45) is 13.2. The number of carbonyl (C=O) groups is 1. The van der Waals surface area contributed by atoms with Gasteiger partial charge in [0.15, 0.2) is 5.60 Å². The maximum atomic E-state index is 13.4. The predicted octanol–water partition coefficient (Wildman–Crippen LogP) is 8.54. The monoisotopic (exact) mass is 561 g/mol. The molecule has 4 rings (SSSR count). The van der Waals surface area contributed by atoms with E-state index in [0.717, 1.165) is 16.7 Å². The molecule has 0 aliphatic heterocycles. The summed E-state index contributed by atoms with van der Waals surface area (Å²) in [5.41, 5.74) is 8.17. The second-order valence-electron chi connectivity index (χ2n) is 10.9. The van der Waals surface area contributed by atoms with Crippen LogP contribution in [-0.4, -0.2) is 25.7 Å². The Hall–Kier alpha value is -2.66. The molecule has 1 atom stereocenters. The van der Waals surface area contributed by atoms with Crippen LogP contribution in [0.3, 0.4) is 0 Å². The van der Waals surface area contributed by atoms with Gasteiger partial charge in [0.2, 0.25) is 0 Å². The van der Waals surface area contributed by atoms with Gasteiger partial charge in [-0.25, -0.2) is 0 Å². The lowest BCUT2D eigenvalue weighted by atomic mass is 9.78. The van der Waals surface area contributed by atoms with Gasteiger partial charge in [0.25, 0.3) is 0 Å². The number of carbonyl (C=O) groups excluding carboxylic acids is 1. The lowest BCUT2D eigenvalue weighted by Crippen LogP contribution is -2.36. The van der Waals surface area contributed by atoms with Crippen molar-refractivity contribution in [3.63, 3.8) is 0 Å². The zero-order chi connectivity index (χ0) is 28.0. The van der Waals surface area contributed by atoms with E-state index < -0.39 is 5.60 Å². The lowest BCUT2D eigenvalue weighted by Gasteiger charge is -2.36. The molecule has 0 radical (unpaired) electrons. The smallest absolute Gasteiger partial charge is 0.309 e. The molecule has 5 heteroatoms. The van der Waals surface area contributed by atoms with Crippen LogP contribution >= 0.6 is 11.6 Å². The average Bonchev–Trinajstić information content (AvgIpc) is 3.05. The van der Waals surface area contributed by atoms with Gasteiger partial charge in [-0.1, -0.05) is 136 Å². The number of ether oxygens (including phenoxy) is 2. The zero-order valence-electron chi connectivity index (χ0n) is 23.7. The highest BCUT2D eigenvalue weighted by Gasteiger charge is 2.42. The average molecular weight is 562 g/mol. The summed E-state index contributed by atoms with van der Waals surface area (Å²) in [6, 6.07) is 26.3. The molecule has 0 bridgehead atoms. The van der Waals surface area contributed by atoms with Crippen LogP contribution in [0.25, 0.3) is 0 Å². The number of hydrogen-bond donors (Lipinski definition) is 1. The molecule has 1 aliphatic carbocycles. The first-order valence-electron chi connectivity index (χ1n) is 15.1. The molecule has 1 fully saturated rings. The Labute approximate surface area is 245 Å². The molecule has 0 spiro atoms. The largest absolute Gasteiger partial charge is 0.444 e. The molecular weight excluding hydrogens is 518 g/mol. The third-order valence-corrected chi connectivity index (χ3v) is 8.39. The van der Waals surface area contributed by atoms with Gasteiger partial charge in [0.05, 0.1) is 19.6 Å². The molecule has 1 aliphatic rings.